The normalized spacial score (nSPS) is 17.3. The maximum atomic E-state index is 13.1. The first kappa shape index (κ1) is 21.8. The van der Waals surface area contributed by atoms with Gasteiger partial charge in [-0.05, 0) is 49.2 Å². The van der Waals surface area contributed by atoms with E-state index in [1.54, 1.807) is 0 Å². The van der Waals surface area contributed by atoms with Crippen molar-refractivity contribution in [3.63, 3.8) is 0 Å². The van der Waals surface area contributed by atoms with Gasteiger partial charge in [-0.2, -0.15) is 26.3 Å². The van der Waals surface area contributed by atoms with Crippen LogP contribution in [-0.2, 0) is 17.1 Å². The summed E-state index contributed by atoms with van der Waals surface area (Å²) in [6.07, 6.45) is -9.49. The Morgan fingerprint density at radius 3 is 2.27 bits per heavy atom. The molecule has 3 rings (SSSR count). The molecule has 0 spiro atoms. The monoisotopic (exact) mass is 435 g/mol. The molecule has 1 aliphatic rings. The average Bonchev–Trinajstić information content (AvgIpc) is 3.15. The van der Waals surface area contributed by atoms with E-state index in [9.17, 15) is 35.5 Å². The highest BCUT2D eigenvalue weighted by molar-refractivity contribution is 5.98. The van der Waals surface area contributed by atoms with Crippen LogP contribution in [-0.4, -0.2) is 30.5 Å². The van der Waals surface area contributed by atoms with Gasteiger partial charge in [-0.1, -0.05) is 0 Å². The summed E-state index contributed by atoms with van der Waals surface area (Å²) in [4.78, 5) is 18.6. The summed E-state index contributed by atoms with van der Waals surface area (Å²) in [6.45, 7) is 0.0687. The summed E-state index contributed by atoms with van der Waals surface area (Å²) in [5.41, 5.74) is -2.84. The Bertz CT molecular complexity index is 893. The maximum Gasteiger partial charge on any atom is 0.433 e. The van der Waals surface area contributed by atoms with Crippen molar-refractivity contribution in [1.82, 2.24) is 4.98 Å². The second-order valence-corrected chi connectivity index (χ2v) is 6.82. The zero-order chi connectivity index (χ0) is 22.3. The maximum absolute atomic E-state index is 13.1. The Hall–Kier alpha value is -2.85. The molecule has 2 aromatic rings. The van der Waals surface area contributed by atoms with E-state index in [2.05, 4.69) is 4.98 Å². The Labute approximate surface area is 166 Å². The fourth-order valence-electron chi connectivity index (χ4n) is 3.29. The third-order valence-electron chi connectivity index (χ3n) is 4.81. The number of nitrogens with zero attached hydrogens (tertiary/aromatic N) is 3. The van der Waals surface area contributed by atoms with Gasteiger partial charge in [0.1, 0.15) is 23.4 Å². The fraction of sp³-hybridized carbons (Fsp3) is 0.368. The van der Waals surface area contributed by atoms with Crippen LogP contribution >= 0.6 is 0 Å². The predicted molar refractivity (Wildman–Crippen MR) is 94.4 cm³/mol. The lowest BCUT2D eigenvalue weighted by molar-refractivity contribution is -0.145. The molecule has 0 bridgehead atoms. The number of alkyl halides is 6. The van der Waals surface area contributed by atoms with Crippen LogP contribution < -0.4 is 9.80 Å². The van der Waals surface area contributed by atoms with Crippen molar-refractivity contribution in [2.45, 2.75) is 31.2 Å². The number of hydrogen-bond donors (Lipinski definition) is 0. The van der Waals surface area contributed by atoms with Crippen molar-refractivity contribution in [2.75, 3.05) is 23.4 Å². The van der Waals surface area contributed by atoms with E-state index in [4.69, 9.17) is 0 Å². The lowest BCUT2D eigenvalue weighted by atomic mass is 10.1. The van der Waals surface area contributed by atoms with Gasteiger partial charge >= 0.3 is 12.4 Å². The summed E-state index contributed by atoms with van der Waals surface area (Å²) < 4.78 is 91.8. The van der Waals surface area contributed by atoms with Gasteiger partial charge in [-0.15, -0.1) is 0 Å². The van der Waals surface area contributed by atoms with E-state index in [0.29, 0.717) is 18.2 Å². The second-order valence-electron chi connectivity index (χ2n) is 6.82. The molecule has 1 atom stereocenters. The van der Waals surface area contributed by atoms with Crippen LogP contribution in [0.4, 0.5) is 42.2 Å². The first-order valence-corrected chi connectivity index (χ1v) is 8.84. The van der Waals surface area contributed by atoms with Crippen LogP contribution in [0, 0.1) is 5.82 Å². The molecule has 0 N–H and O–H groups in total. The van der Waals surface area contributed by atoms with Crippen LogP contribution in [0.15, 0.2) is 36.4 Å². The summed E-state index contributed by atoms with van der Waals surface area (Å²) >= 11 is 0. The molecular weight excluding hydrogens is 419 g/mol. The van der Waals surface area contributed by atoms with E-state index in [1.165, 1.54) is 24.1 Å². The van der Waals surface area contributed by atoms with Crippen molar-refractivity contribution < 1.29 is 35.5 Å². The van der Waals surface area contributed by atoms with Gasteiger partial charge in [-0.3, -0.25) is 4.79 Å². The summed E-state index contributed by atoms with van der Waals surface area (Å²) in [5.74, 6) is -1.64. The molecule has 1 fully saturated rings. The van der Waals surface area contributed by atoms with E-state index in [1.807, 2.05) is 0 Å². The topological polar surface area (TPSA) is 36.4 Å². The molecule has 1 aromatic heterocycles. The van der Waals surface area contributed by atoms with Gasteiger partial charge in [0.2, 0.25) is 5.91 Å². The van der Waals surface area contributed by atoms with Crippen LogP contribution in [0.2, 0.25) is 0 Å². The molecule has 0 radical (unpaired) electrons. The standard InChI is InChI=1S/C19H16F7N3O/c1-28(13-6-4-12(20)5-7-13)17(30)14-3-2-8-29(14)16-10-11(18(21,22)23)9-15(27-16)19(24,25)26/h4-7,9-10,14H,2-3,8H2,1H3/t14-/m0/s1. The Balaban J connectivity index is 1.96. The number of halogens is 7. The summed E-state index contributed by atoms with van der Waals surface area (Å²) in [6, 6.07) is 4.41. The number of anilines is 2. The zero-order valence-electron chi connectivity index (χ0n) is 15.6. The van der Waals surface area contributed by atoms with Gasteiger partial charge in [0, 0.05) is 19.3 Å². The number of hydrogen-bond acceptors (Lipinski definition) is 3. The molecule has 1 aliphatic heterocycles. The van der Waals surface area contributed by atoms with E-state index < -0.39 is 47.2 Å². The van der Waals surface area contributed by atoms with Crippen molar-refractivity contribution >= 4 is 17.4 Å². The quantitative estimate of drug-likeness (QED) is 0.645. The first-order chi connectivity index (χ1) is 13.9. The lowest BCUT2D eigenvalue weighted by Crippen LogP contribution is -2.45. The number of carbonyl (C=O) groups excluding carboxylic acids is 1. The molecule has 1 amide bonds. The third kappa shape index (κ3) is 4.49. The minimum absolute atomic E-state index is 0.0545. The molecule has 11 heteroatoms. The smallest absolute Gasteiger partial charge is 0.345 e. The number of rotatable bonds is 3. The molecule has 0 aliphatic carbocycles. The molecule has 1 saturated heterocycles. The second kappa shape index (κ2) is 7.77. The molecule has 2 heterocycles. The first-order valence-electron chi connectivity index (χ1n) is 8.84. The highest BCUT2D eigenvalue weighted by atomic mass is 19.4. The van der Waals surface area contributed by atoms with Crippen LogP contribution in [0.1, 0.15) is 24.1 Å². The highest BCUT2D eigenvalue weighted by Crippen LogP contribution is 2.38. The Morgan fingerprint density at radius 1 is 1.07 bits per heavy atom. The number of pyridine rings is 1. The van der Waals surface area contributed by atoms with Crippen molar-refractivity contribution in [1.29, 1.82) is 0 Å². The predicted octanol–water partition coefficient (Wildman–Crippen LogP) is 4.89. The number of likely N-dealkylation sites (N-methyl/N-ethyl adjacent to an activating group) is 1. The highest BCUT2D eigenvalue weighted by Gasteiger charge is 2.41. The average molecular weight is 435 g/mol. The summed E-state index contributed by atoms with van der Waals surface area (Å²) in [7, 11) is 1.40. The number of carbonyl (C=O) groups is 1. The van der Waals surface area contributed by atoms with Crippen molar-refractivity contribution in [3.05, 3.63) is 53.5 Å². The van der Waals surface area contributed by atoms with Gasteiger partial charge in [0.15, 0.2) is 0 Å². The van der Waals surface area contributed by atoms with Gasteiger partial charge < -0.3 is 9.80 Å². The molecule has 0 unspecified atom stereocenters. The molecule has 162 valence electrons. The van der Waals surface area contributed by atoms with Crippen molar-refractivity contribution in [3.8, 4) is 0 Å². The van der Waals surface area contributed by atoms with Crippen LogP contribution in [0.5, 0.6) is 0 Å². The Morgan fingerprint density at radius 2 is 1.70 bits per heavy atom. The largest absolute Gasteiger partial charge is 0.433 e. The van der Waals surface area contributed by atoms with Crippen LogP contribution in [0.25, 0.3) is 0 Å². The summed E-state index contributed by atoms with van der Waals surface area (Å²) in [5, 5.41) is 0. The molecule has 0 saturated carbocycles. The van der Waals surface area contributed by atoms with Crippen LogP contribution in [0.3, 0.4) is 0 Å². The van der Waals surface area contributed by atoms with E-state index in [-0.39, 0.29) is 19.0 Å². The van der Waals surface area contributed by atoms with Gasteiger partial charge in [-0.25, -0.2) is 9.37 Å². The van der Waals surface area contributed by atoms with Gasteiger partial charge in [0.05, 0.1) is 5.56 Å². The molecule has 4 nitrogen and oxygen atoms in total. The zero-order valence-corrected chi connectivity index (χ0v) is 15.6. The third-order valence-corrected chi connectivity index (χ3v) is 4.81. The molecule has 1 aromatic carbocycles. The van der Waals surface area contributed by atoms with Gasteiger partial charge in [0.25, 0.3) is 0 Å². The number of benzene rings is 1. The lowest BCUT2D eigenvalue weighted by Gasteiger charge is -2.29. The molecule has 30 heavy (non-hydrogen) atoms. The van der Waals surface area contributed by atoms with E-state index >= 15 is 0 Å². The van der Waals surface area contributed by atoms with Crippen molar-refractivity contribution in [2.24, 2.45) is 0 Å². The Kier molecular flexibility index (Phi) is 5.66. The number of amides is 1. The SMILES string of the molecule is CN(C(=O)[C@@H]1CCCN1c1cc(C(F)(F)F)cc(C(F)(F)F)n1)c1ccc(F)cc1. The minimum Gasteiger partial charge on any atom is -0.345 e. The minimum atomic E-state index is -5.08. The fourth-order valence-corrected chi connectivity index (χ4v) is 3.29. The van der Waals surface area contributed by atoms with E-state index in [0.717, 1.165) is 17.0 Å². The number of aromatic nitrogens is 1. The molecular formula is C19H16F7N3O.